The van der Waals surface area contributed by atoms with Crippen molar-refractivity contribution < 1.29 is 4.39 Å². The Kier molecular flexibility index (Phi) is 5.13. The first-order chi connectivity index (χ1) is 9.78. The largest absolute Gasteiger partial charge is 0.379 e. The molecule has 2 aromatic carbocycles. The molecule has 0 amide bonds. The van der Waals surface area contributed by atoms with Crippen LogP contribution in [0.25, 0.3) is 6.08 Å². The van der Waals surface area contributed by atoms with Crippen LogP contribution < -0.4 is 5.32 Å². The van der Waals surface area contributed by atoms with Gasteiger partial charge in [0.15, 0.2) is 0 Å². The second kappa shape index (κ2) is 7.29. The van der Waals surface area contributed by atoms with Crippen molar-refractivity contribution in [3.8, 4) is 0 Å². The van der Waals surface area contributed by atoms with Gasteiger partial charge in [0.1, 0.15) is 5.82 Å². The Hall–Kier alpha value is -2.35. The fourth-order valence-electron chi connectivity index (χ4n) is 1.92. The molecule has 0 bridgehead atoms. The molecular weight excluding hydrogens is 249 g/mol. The van der Waals surface area contributed by atoms with E-state index in [2.05, 4.69) is 36.2 Å². The van der Waals surface area contributed by atoms with Crippen molar-refractivity contribution in [2.45, 2.75) is 12.5 Å². The predicted octanol–water partition coefficient (Wildman–Crippen LogP) is 4.90. The van der Waals surface area contributed by atoms with Gasteiger partial charge in [0.05, 0.1) is 0 Å². The van der Waals surface area contributed by atoms with E-state index in [0.29, 0.717) is 0 Å². The van der Waals surface area contributed by atoms with Crippen LogP contribution >= 0.6 is 0 Å². The van der Waals surface area contributed by atoms with E-state index in [4.69, 9.17) is 0 Å². The molecule has 1 N–H and O–H groups in total. The zero-order chi connectivity index (χ0) is 14.2. The topological polar surface area (TPSA) is 12.0 Å². The summed E-state index contributed by atoms with van der Waals surface area (Å²) in [7, 11) is 0. The Bertz CT molecular complexity index is 558. The molecule has 0 fully saturated rings. The Morgan fingerprint density at radius 2 is 1.75 bits per heavy atom. The first-order valence-corrected chi connectivity index (χ1v) is 6.64. The summed E-state index contributed by atoms with van der Waals surface area (Å²) < 4.78 is 12.9. The minimum absolute atomic E-state index is 0.137. The zero-order valence-corrected chi connectivity index (χ0v) is 11.3. The molecule has 2 heteroatoms. The summed E-state index contributed by atoms with van der Waals surface area (Å²) in [5.74, 6) is -0.226. The third-order valence-electron chi connectivity index (χ3n) is 2.94. The summed E-state index contributed by atoms with van der Waals surface area (Å²) in [5, 5.41) is 3.35. The van der Waals surface area contributed by atoms with Crippen molar-refractivity contribution in [3.63, 3.8) is 0 Å². The Labute approximate surface area is 119 Å². The highest BCUT2D eigenvalue weighted by Gasteiger charge is 2.02. The molecule has 0 aromatic heterocycles. The lowest BCUT2D eigenvalue weighted by Gasteiger charge is -2.14. The van der Waals surface area contributed by atoms with Crippen molar-refractivity contribution in [2.24, 2.45) is 0 Å². The van der Waals surface area contributed by atoms with Gasteiger partial charge in [0.2, 0.25) is 0 Å². The molecule has 0 saturated heterocycles. The molecule has 102 valence electrons. The van der Waals surface area contributed by atoms with Crippen molar-refractivity contribution in [1.82, 2.24) is 0 Å². The number of anilines is 1. The predicted molar refractivity (Wildman–Crippen MR) is 84.1 cm³/mol. The lowest BCUT2D eigenvalue weighted by atomic mass is 10.1. The first-order valence-electron chi connectivity index (χ1n) is 6.64. The lowest BCUT2D eigenvalue weighted by Crippen LogP contribution is -2.15. The maximum atomic E-state index is 12.9. The van der Waals surface area contributed by atoms with Gasteiger partial charge in [-0.2, -0.15) is 0 Å². The summed E-state index contributed by atoms with van der Waals surface area (Å²) in [5.41, 5.74) is 2.05. The monoisotopic (exact) mass is 267 g/mol. The second-order valence-electron chi connectivity index (χ2n) is 4.55. The number of benzene rings is 2. The SMILES string of the molecule is C=CCC(/C=C/c1ccccc1)Nc1ccc(F)cc1. The molecule has 1 unspecified atom stereocenters. The van der Waals surface area contributed by atoms with Crippen LogP contribution in [0.15, 0.2) is 73.3 Å². The van der Waals surface area contributed by atoms with E-state index < -0.39 is 0 Å². The van der Waals surface area contributed by atoms with Gasteiger partial charge >= 0.3 is 0 Å². The van der Waals surface area contributed by atoms with Gasteiger partial charge in [0.25, 0.3) is 0 Å². The van der Waals surface area contributed by atoms with Crippen LogP contribution in [-0.2, 0) is 0 Å². The molecule has 2 aromatic rings. The van der Waals surface area contributed by atoms with E-state index in [1.165, 1.54) is 12.1 Å². The molecule has 1 atom stereocenters. The lowest BCUT2D eigenvalue weighted by molar-refractivity contribution is 0.628. The van der Waals surface area contributed by atoms with Gasteiger partial charge in [0, 0.05) is 11.7 Å². The number of halogens is 1. The van der Waals surface area contributed by atoms with Crippen molar-refractivity contribution in [3.05, 3.63) is 84.7 Å². The highest BCUT2D eigenvalue weighted by atomic mass is 19.1. The number of hydrogen-bond acceptors (Lipinski definition) is 1. The molecule has 0 aliphatic heterocycles. The highest BCUT2D eigenvalue weighted by molar-refractivity contribution is 5.52. The third-order valence-corrected chi connectivity index (χ3v) is 2.94. The van der Waals surface area contributed by atoms with Crippen molar-refractivity contribution >= 4 is 11.8 Å². The van der Waals surface area contributed by atoms with E-state index in [9.17, 15) is 4.39 Å². The van der Waals surface area contributed by atoms with E-state index in [0.717, 1.165) is 17.7 Å². The van der Waals surface area contributed by atoms with Gasteiger partial charge in [-0.1, -0.05) is 48.6 Å². The number of nitrogens with one attached hydrogen (secondary N) is 1. The molecule has 2 rings (SSSR count). The van der Waals surface area contributed by atoms with Crippen molar-refractivity contribution in [1.29, 1.82) is 0 Å². The van der Waals surface area contributed by atoms with Crippen LogP contribution in [0.2, 0.25) is 0 Å². The zero-order valence-electron chi connectivity index (χ0n) is 11.3. The van der Waals surface area contributed by atoms with E-state index in [1.807, 2.05) is 24.3 Å². The quantitative estimate of drug-likeness (QED) is 0.734. The van der Waals surface area contributed by atoms with Crippen LogP contribution in [0.4, 0.5) is 10.1 Å². The van der Waals surface area contributed by atoms with Gasteiger partial charge in [-0.25, -0.2) is 4.39 Å². The maximum absolute atomic E-state index is 12.9. The summed E-state index contributed by atoms with van der Waals surface area (Å²) >= 11 is 0. The highest BCUT2D eigenvalue weighted by Crippen LogP contribution is 2.13. The van der Waals surface area contributed by atoms with E-state index >= 15 is 0 Å². The summed E-state index contributed by atoms with van der Waals surface area (Å²) in [6.45, 7) is 3.78. The van der Waals surface area contributed by atoms with Crippen LogP contribution in [0.1, 0.15) is 12.0 Å². The molecule has 0 spiro atoms. The smallest absolute Gasteiger partial charge is 0.123 e. The Balaban J connectivity index is 2.05. The first kappa shape index (κ1) is 14.1. The van der Waals surface area contributed by atoms with Crippen LogP contribution in [0.5, 0.6) is 0 Å². The van der Waals surface area contributed by atoms with Gasteiger partial charge in [-0.05, 0) is 36.2 Å². The van der Waals surface area contributed by atoms with E-state index in [-0.39, 0.29) is 11.9 Å². The van der Waals surface area contributed by atoms with Crippen LogP contribution in [-0.4, -0.2) is 6.04 Å². The third kappa shape index (κ3) is 4.39. The second-order valence-corrected chi connectivity index (χ2v) is 4.55. The van der Waals surface area contributed by atoms with Gasteiger partial charge in [-0.3, -0.25) is 0 Å². The molecule has 1 nitrogen and oxygen atoms in total. The maximum Gasteiger partial charge on any atom is 0.123 e. The average molecular weight is 267 g/mol. The molecule has 20 heavy (non-hydrogen) atoms. The minimum Gasteiger partial charge on any atom is -0.379 e. The fraction of sp³-hybridized carbons (Fsp3) is 0.111. The van der Waals surface area contributed by atoms with E-state index in [1.54, 1.807) is 12.1 Å². The number of hydrogen-bond donors (Lipinski definition) is 1. The van der Waals surface area contributed by atoms with Crippen LogP contribution in [0.3, 0.4) is 0 Å². The summed E-state index contributed by atoms with van der Waals surface area (Å²) in [4.78, 5) is 0. The molecule has 0 aliphatic rings. The molecule has 0 radical (unpaired) electrons. The molecular formula is C18H18FN. The number of rotatable bonds is 6. The standard InChI is InChI=1S/C18H18FN/c1-2-6-17(12-9-15-7-4-3-5-8-15)20-18-13-10-16(19)11-14-18/h2-5,7-14,17,20H,1,6H2/b12-9+. The normalized spacial score (nSPS) is 12.2. The molecule has 0 aliphatic carbocycles. The molecule has 0 saturated carbocycles. The Morgan fingerprint density at radius 3 is 2.40 bits per heavy atom. The average Bonchev–Trinajstić information content (AvgIpc) is 2.48. The fourth-order valence-corrected chi connectivity index (χ4v) is 1.92. The Morgan fingerprint density at radius 1 is 1.05 bits per heavy atom. The summed E-state index contributed by atoms with van der Waals surface area (Å²) in [6.07, 6.45) is 6.85. The van der Waals surface area contributed by atoms with Gasteiger partial charge in [-0.15, -0.1) is 6.58 Å². The van der Waals surface area contributed by atoms with Crippen molar-refractivity contribution in [2.75, 3.05) is 5.32 Å². The molecule has 0 heterocycles. The van der Waals surface area contributed by atoms with Crippen LogP contribution in [0, 0.1) is 5.82 Å². The minimum atomic E-state index is -0.226. The van der Waals surface area contributed by atoms with Gasteiger partial charge < -0.3 is 5.32 Å². The summed E-state index contributed by atoms with van der Waals surface area (Å²) in [6, 6.07) is 16.6.